The monoisotopic (exact) mass is 540 g/mol. The maximum atomic E-state index is 13.5. The molecule has 1 aliphatic heterocycles. The van der Waals surface area contributed by atoms with E-state index < -0.39 is 12.6 Å². The van der Waals surface area contributed by atoms with E-state index in [1.54, 1.807) is 24.3 Å². The number of fused-ring (bicyclic) bond motifs is 2. The van der Waals surface area contributed by atoms with E-state index in [-0.39, 0.29) is 41.4 Å². The topological polar surface area (TPSA) is 108 Å². The van der Waals surface area contributed by atoms with E-state index in [4.69, 9.17) is 24.1 Å². The molecule has 1 heterocycles. The summed E-state index contributed by atoms with van der Waals surface area (Å²) in [4.78, 5) is 38.2. The minimum atomic E-state index is -1.13. The molecule has 8 heteroatoms. The molecule has 3 aliphatic rings. The SMILES string of the molecule is C=CCCC(=O)/C1=C\c2cc(OCC(=O)O)c(OC)cc2C(=O)CCC2CCC[C@H]2C(OC2CCCCO2)C1. The van der Waals surface area contributed by atoms with E-state index in [9.17, 15) is 14.4 Å². The molecular formula is C31H40O8. The summed E-state index contributed by atoms with van der Waals surface area (Å²) in [5, 5.41) is 9.13. The van der Waals surface area contributed by atoms with Gasteiger partial charge in [0.25, 0.3) is 0 Å². The molecule has 4 atom stereocenters. The van der Waals surface area contributed by atoms with Crippen molar-refractivity contribution in [3.63, 3.8) is 0 Å². The van der Waals surface area contributed by atoms with E-state index in [2.05, 4.69) is 6.58 Å². The van der Waals surface area contributed by atoms with Crippen molar-refractivity contribution in [2.45, 2.75) is 83.0 Å². The van der Waals surface area contributed by atoms with Gasteiger partial charge in [-0.15, -0.1) is 6.58 Å². The van der Waals surface area contributed by atoms with Crippen molar-refractivity contribution in [1.82, 2.24) is 0 Å². The molecule has 1 saturated carbocycles. The number of carboxylic acids is 1. The first kappa shape index (κ1) is 29.0. The van der Waals surface area contributed by atoms with Gasteiger partial charge in [-0.25, -0.2) is 4.79 Å². The van der Waals surface area contributed by atoms with Crippen LogP contribution in [0.4, 0.5) is 0 Å². The zero-order valence-corrected chi connectivity index (χ0v) is 22.8. The Labute approximate surface area is 230 Å². The number of rotatable bonds is 10. The van der Waals surface area contributed by atoms with Crippen LogP contribution in [0.1, 0.15) is 86.6 Å². The predicted molar refractivity (Wildman–Crippen MR) is 146 cm³/mol. The van der Waals surface area contributed by atoms with Gasteiger partial charge in [0.05, 0.1) is 13.2 Å². The molecule has 3 unspecified atom stereocenters. The molecule has 0 radical (unpaired) electrons. The van der Waals surface area contributed by atoms with Crippen molar-refractivity contribution in [3.05, 3.63) is 41.5 Å². The lowest BCUT2D eigenvalue weighted by Gasteiger charge is -2.34. The molecule has 0 amide bonds. The van der Waals surface area contributed by atoms with E-state index in [0.717, 1.165) is 44.9 Å². The zero-order valence-electron chi connectivity index (χ0n) is 22.8. The summed E-state index contributed by atoms with van der Waals surface area (Å²) in [7, 11) is 1.45. The summed E-state index contributed by atoms with van der Waals surface area (Å²) in [6, 6.07) is 3.21. The number of aliphatic carboxylic acids is 1. The van der Waals surface area contributed by atoms with Gasteiger partial charge in [-0.2, -0.15) is 0 Å². The summed E-state index contributed by atoms with van der Waals surface area (Å²) < 4.78 is 23.5. The van der Waals surface area contributed by atoms with Crippen LogP contribution < -0.4 is 9.47 Å². The van der Waals surface area contributed by atoms with Crippen LogP contribution in [-0.2, 0) is 19.1 Å². The lowest BCUT2D eigenvalue weighted by molar-refractivity contribution is -0.200. The number of carboxylic acid groups (broad SMARTS) is 1. The number of Topliss-reactive ketones (excluding diaryl/α,β-unsaturated/α-hetero) is 2. The first-order chi connectivity index (χ1) is 18.9. The Morgan fingerprint density at radius 1 is 1.13 bits per heavy atom. The number of ether oxygens (including phenoxy) is 4. The molecule has 212 valence electrons. The largest absolute Gasteiger partial charge is 0.493 e. The lowest BCUT2D eigenvalue weighted by Crippen LogP contribution is -2.35. The Kier molecular flexibility index (Phi) is 10.3. The van der Waals surface area contributed by atoms with Gasteiger partial charge >= 0.3 is 5.97 Å². The summed E-state index contributed by atoms with van der Waals surface area (Å²) >= 11 is 0. The summed E-state index contributed by atoms with van der Waals surface area (Å²) in [6.07, 6.45) is 11.4. The first-order valence-corrected chi connectivity index (χ1v) is 14.1. The molecule has 4 rings (SSSR count). The number of carbonyl (C=O) groups excluding carboxylic acids is 2. The average molecular weight is 541 g/mol. The summed E-state index contributed by atoms with van der Waals surface area (Å²) in [5.74, 6) is -0.141. The van der Waals surface area contributed by atoms with E-state index in [0.29, 0.717) is 54.9 Å². The molecular weight excluding hydrogens is 500 g/mol. The van der Waals surface area contributed by atoms with E-state index in [1.807, 2.05) is 0 Å². The number of hydrogen-bond acceptors (Lipinski definition) is 7. The Morgan fingerprint density at radius 2 is 1.97 bits per heavy atom. The second-order valence-electron chi connectivity index (χ2n) is 10.7. The third-order valence-corrected chi connectivity index (χ3v) is 8.07. The van der Waals surface area contributed by atoms with Gasteiger partial charge in [-0.1, -0.05) is 18.9 Å². The van der Waals surface area contributed by atoms with Gasteiger partial charge in [-0.3, -0.25) is 9.59 Å². The molecule has 2 aliphatic carbocycles. The highest BCUT2D eigenvalue weighted by molar-refractivity contribution is 6.04. The number of ketones is 2. The highest BCUT2D eigenvalue weighted by atomic mass is 16.7. The van der Waals surface area contributed by atoms with E-state index >= 15 is 0 Å². The third-order valence-electron chi connectivity index (χ3n) is 8.07. The summed E-state index contributed by atoms with van der Waals surface area (Å²) in [6.45, 7) is 3.88. The first-order valence-electron chi connectivity index (χ1n) is 14.1. The van der Waals surface area contributed by atoms with Gasteiger partial charge in [0.2, 0.25) is 0 Å². The van der Waals surface area contributed by atoms with Crippen molar-refractivity contribution in [2.75, 3.05) is 20.3 Å². The standard InChI is InChI=1S/C31H40O8/c1-3-4-10-25(32)22-15-21-16-29(38-19-30(34)35)28(36-2)18-24(21)26(33)13-12-20-8-7-9-23(20)27(17-22)39-31-11-5-6-14-37-31/h3,15-16,18,20,23,27,31H,1,4-14,17,19H2,2H3,(H,34,35)/b22-15-/t20?,23-,27?,31?/m1/s1. The molecule has 1 N–H and O–H groups in total. The average Bonchev–Trinajstić information content (AvgIpc) is 3.41. The van der Waals surface area contributed by atoms with Crippen LogP contribution in [0.5, 0.6) is 11.5 Å². The second-order valence-corrected chi connectivity index (χ2v) is 10.7. The molecule has 8 nitrogen and oxygen atoms in total. The lowest BCUT2D eigenvalue weighted by atomic mass is 9.83. The van der Waals surface area contributed by atoms with Crippen LogP contribution in [-0.4, -0.2) is 55.4 Å². The molecule has 1 saturated heterocycles. The Morgan fingerprint density at radius 3 is 2.69 bits per heavy atom. The van der Waals surface area contributed by atoms with Crippen LogP contribution in [0.2, 0.25) is 0 Å². The number of carbonyl (C=O) groups is 3. The van der Waals surface area contributed by atoms with Crippen molar-refractivity contribution in [1.29, 1.82) is 0 Å². The fraction of sp³-hybridized carbons (Fsp3) is 0.581. The molecule has 2 fully saturated rings. The normalized spacial score (nSPS) is 26.8. The molecule has 1 aromatic rings. The Balaban J connectivity index is 1.78. The van der Waals surface area contributed by atoms with Gasteiger partial charge in [-0.05, 0) is 79.7 Å². The van der Waals surface area contributed by atoms with Gasteiger partial charge in [0.1, 0.15) is 0 Å². The predicted octanol–water partition coefficient (Wildman–Crippen LogP) is 5.77. The van der Waals surface area contributed by atoms with Crippen molar-refractivity contribution < 1.29 is 38.4 Å². The Hall–Kier alpha value is -2.97. The van der Waals surface area contributed by atoms with Crippen molar-refractivity contribution in [3.8, 4) is 11.5 Å². The molecule has 0 bridgehead atoms. The van der Waals surface area contributed by atoms with Crippen LogP contribution >= 0.6 is 0 Å². The third kappa shape index (κ3) is 7.57. The van der Waals surface area contributed by atoms with E-state index in [1.165, 1.54) is 7.11 Å². The maximum Gasteiger partial charge on any atom is 0.341 e. The summed E-state index contributed by atoms with van der Waals surface area (Å²) in [5.41, 5.74) is 1.53. The molecule has 39 heavy (non-hydrogen) atoms. The molecule has 0 spiro atoms. The van der Waals surface area contributed by atoms with Crippen molar-refractivity contribution in [2.24, 2.45) is 11.8 Å². The van der Waals surface area contributed by atoms with Crippen LogP contribution in [0.3, 0.4) is 0 Å². The highest BCUT2D eigenvalue weighted by Crippen LogP contribution is 2.43. The smallest absolute Gasteiger partial charge is 0.341 e. The number of allylic oxidation sites excluding steroid dienone is 1. The maximum absolute atomic E-state index is 13.5. The van der Waals surface area contributed by atoms with Crippen molar-refractivity contribution >= 4 is 23.6 Å². The fourth-order valence-corrected chi connectivity index (χ4v) is 6.08. The quantitative estimate of drug-likeness (QED) is 0.373. The number of benzene rings is 1. The van der Waals surface area contributed by atoms with Crippen LogP contribution in [0.15, 0.2) is 30.4 Å². The highest BCUT2D eigenvalue weighted by Gasteiger charge is 2.38. The number of hydrogen-bond donors (Lipinski definition) is 1. The van der Waals surface area contributed by atoms with Gasteiger partial charge < -0.3 is 24.1 Å². The Bertz CT molecular complexity index is 1080. The van der Waals surface area contributed by atoms with Crippen LogP contribution in [0.25, 0.3) is 6.08 Å². The van der Waals surface area contributed by atoms with Crippen LogP contribution in [0, 0.1) is 11.8 Å². The fourth-order valence-electron chi connectivity index (χ4n) is 6.08. The minimum Gasteiger partial charge on any atom is -0.493 e. The number of methoxy groups -OCH3 is 1. The minimum absolute atomic E-state index is 0.0240. The molecule has 1 aromatic carbocycles. The molecule has 0 aromatic heterocycles. The second kappa shape index (κ2) is 13.9. The zero-order chi connectivity index (χ0) is 27.8. The van der Waals surface area contributed by atoms with Gasteiger partial charge in [0.15, 0.2) is 36.0 Å². The van der Waals surface area contributed by atoms with Gasteiger partial charge in [0, 0.05) is 31.4 Å².